The fourth-order valence-corrected chi connectivity index (χ4v) is 3.42. The number of nitrogens with zero attached hydrogens (tertiary/aromatic N) is 1. The largest absolute Gasteiger partial charge is 0.341 e. The van der Waals surface area contributed by atoms with Crippen molar-refractivity contribution >= 4 is 17.7 Å². The van der Waals surface area contributed by atoms with E-state index in [1.807, 2.05) is 29.7 Å². The van der Waals surface area contributed by atoms with E-state index in [4.69, 9.17) is 0 Å². The summed E-state index contributed by atoms with van der Waals surface area (Å²) in [5.41, 5.74) is 0. The summed E-state index contributed by atoms with van der Waals surface area (Å²) in [7, 11) is 0. The number of carbonyl (C=O) groups excluding carboxylic acids is 1. The summed E-state index contributed by atoms with van der Waals surface area (Å²) in [6.07, 6.45) is 4.84. The molecule has 116 valence electrons. The third-order valence-electron chi connectivity index (χ3n) is 3.85. The molecule has 21 heavy (non-hydrogen) atoms. The molecule has 0 aliphatic carbocycles. The molecule has 0 radical (unpaired) electrons. The van der Waals surface area contributed by atoms with Crippen LogP contribution in [0.3, 0.4) is 0 Å². The molecular weight excluding hydrogens is 280 g/mol. The Hall–Kier alpha value is -1.00. The third-order valence-corrected chi connectivity index (χ3v) is 4.87. The van der Waals surface area contributed by atoms with Crippen molar-refractivity contribution in [3.05, 3.63) is 30.3 Å². The van der Waals surface area contributed by atoms with E-state index in [2.05, 4.69) is 29.6 Å². The zero-order chi connectivity index (χ0) is 14.9. The van der Waals surface area contributed by atoms with Gasteiger partial charge in [0.05, 0.1) is 6.04 Å². The number of hydrogen-bond acceptors (Lipinski definition) is 3. The molecule has 4 heteroatoms. The summed E-state index contributed by atoms with van der Waals surface area (Å²) in [6, 6.07) is 10.3. The number of benzene rings is 1. The lowest BCUT2D eigenvalue weighted by Crippen LogP contribution is -2.45. The molecule has 1 saturated heterocycles. The number of carbonyl (C=O) groups is 1. The molecule has 1 unspecified atom stereocenters. The van der Waals surface area contributed by atoms with Crippen LogP contribution in [0.25, 0.3) is 0 Å². The van der Waals surface area contributed by atoms with Gasteiger partial charge in [-0.05, 0) is 31.9 Å². The summed E-state index contributed by atoms with van der Waals surface area (Å²) in [4.78, 5) is 15.7. The number of rotatable bonds is 6. The number of nitrogens with one attached hydrogen (secondary N) is 1. The van der Waals surface area contributed by atoms with Gasteiger partial charge in [-0.2, -0.15) is 0 Å². The fourth-order valence-electron chi connectivity index (χ4n) is 2.61. The van der Waals surface area contributed by atoms with Crippen LogP contribution in [0.15, 0.2) is 35.2 Å². The van der Waals surface area contributed by atoms with E-state index < -0.39 is 0 Å². The Morgan fingerprint density at radius 3 is 2.52 bits per heavy atom. The van der Waals surface area contributed by atoms with Crippen LogP contribution >= 0.6 is 11.8 Å². The lowest BCUT2D eigenvalue weighted by Gasteiger charge is -2.24. The van der Waals surface area contributed by atoms with Gasteiger partial charge in [0.2, 0.25) is 5.91 Å². The molecule has 0 bridgehead atoms. The molecule has 1 aliphatic rings. The van der Waals surface area contributed by atoms with Crippen molar-refractivity contribution in [3.8, 4) is 0 Å². The van der Waals surface area contributed by atoms with Crippen molar-refractivity contribution in [1.29, 1.82) is 0 Å². The molecule has 1 N–H and O–H groups in total. The molecule has 1 heterocycles. The van der Waals surface area contributed by atoms with E-state index >= 15 is 0 Å². The lowest BCUT2D eigenvalue weighted by atomic mass is 10.2. The standard InChI is InChI=1S/C17H26N2OS/c1-15(17(20)19-12-7-2-3-8-13-19)18-11-14-21-16-9-5-4-6-10-16/h4-6,9-10,15,18H,2-3,7-8,11-14H2,1H3. The maximum absolute atomic E-state index is 12.4. The van der Waals surface area contributed by atoms with E-state index in [0.717, 1.165) is 38.2 Å². The molecular formula is C17H26N2OS. The van der Waals surface area contributed by atoms with E-state index in [0.29, 0.717) is 0 Å². The minimum absolute atomic E-state index is 0.0699. The molecule has 0 saturated carbocycles. The van der Waals surface area contributed by atoms with Crippen LogP contribution in [0.5, 0.6) is 0 Å². The Labute approximate surface area is 132 Å². The minimum atomic E-state index is -0.0699. The first-order valence-corrected chi connectivity index (χ1v) is 8.96. The van der Waals surface area contributed by atoms with Gasteiger partial charge in [0.15, 0.2) is 0 Å². The molecule has 1 aliphatic heterocycles. The summed E-state index contributed by atoms with van der Waals surface area (Å²) in [5, 5.41) is 3.36. The Morgan fingerprint density at radius 2 is 1.86 bits per heavy atom. The number of hydrogen-bond donors (Lipinski definition) is 1. The first-order chi connectivity index (χ1) is 10.3. The molecule has 3 nitrogen and oxygen atoms in total. The SMILES string of the molecule is CC(NCCSc1ccccc1)C(=O)N1CCCCCC1. The number of amides is 1. The highest BCUT2D eigenvalue weighted by Gasteiger charge is 2.20. The second kappa shape index (κ2) is 9.11. The Balaban J connectivity index is 1.66. The van der Waals surface area contributed by atoms with Gasteiger partial charge in [-0.25, -0.2) is 0 Å². The highest BCUT2D eigenvalue weighted by atomic mass is 32.2. The smallest absolute Gasteiger partial charge is 0.239 e. The van der Waals surface area contributed by atoms with Gasteiger partial charge in [0.25, 0.3) is 0 Å². The molecule has 1 atom stereocenters. The van der Waals surface area contributed by atoms with Crippen molar-refractivity contribution in [3.63, 3.8) is 0 Å². The predicted molar refractivity (Wildman–Crippen MR) is 89.7 cm³/mol. The summed E-state index contributed by atoms with van der Waals surface area (Å²) in [5.74, 6) is 1.25. The van der Waals surface area contributed by atoms with Crippen LogP contribution in [0.1, 0.15) is 32.6 Å². The van der Waals surface area contributed by atoms with Crippen molar-refractivity contribution in [2.24, 2.45) is 0 Å². The van der Waals surface area contributed by atoms with Crippen LogP contribution in [0.4, 0.5) is 0 Å². The molecule has 0 aromatic heterocycles. The highest BCUT2D eigenvalue weighted by Crippen LogP contribution is 2.16. The molecule has 1 fully saturated rings. The summed E-state index contributed by atoms with van der Waals surface area (Å²) in [6.45, 7) is 4.72. The number of thioether (sulfide) groups is 1. The van der Waals surface area contributed by atoms with Gasteiger partial charge < -0.3 is 10.2 Å². The van der Waals surface area contributed by atoms with E-state index in [9.17, 15) is 4.79 Å². The Morgan fingerprint density at radius 1 is 1.19 bits per heavy atom. The number of likely N-dealkylation sites (tertiary alicyclic amines) is 1. The zero-order valence-corrected chi connectivity index (χ0v) is 13.7. The first kappa shape index (κ1) is 16.4. The predicted octanol–water partition coefficient (Wildman–Crippen LogP) is 3.16. The second-order valence-electron chi connectivity index (χ2n) is 5.58. The van der Waals surface area contributed by atoms with Crippen molar-refractivity contribution in [2.45, 2.75) is 43.5 Å². The first-order valence-electron chi connectivity index (χ1n) is 7.97. The van der Waals surface area contributed by atoms with Crippen molar-refractivity contribution in [1.82, 2.24) is 10.2 Å². The van der Waals surface area contributed by atoms with E-state index in [1.54, 1.807) is 0 Å². The normalized spacial score (nSPS) is 17.3. The van der Waals surface area contributed by atoms with Crippen LogP contribution in [-0.2, 0) is 4.79 Å². The van der Waals surface area contributed by atoms with Crippen LogP contribution in [0, 0.1) is 0 Å². The van der Waals surface area contributed by atoms with Gasteiger partial charge in [-0.3, -0.25) is 4.79 Å². The fraction of sp³-hybridized carbons (Fsp3) is 0.588. The molecule has 0 spiro atoms. The Kier molecular flexibility index (Phi) is 7.10. The van der Waals surface area contributed by atoms with Gasteiger partial charge in [-0.1, -0.05) is 31.0 Å². The van der Waals surface area contributed by atoms with Crippen molar-refractivity contribution in [2.75, 3.05) is 25.4 Å². The van der Waals surface area contributed by atoms with Crippen LogP contribution in [-0.4, -0.2) is 42.2 Å². The third kappa shape index (κ3) is 5.71. The summed E-state index contributed by atoms with van der Waals surface area (Å²) < 4.78 is 0. The highest BCUT2D eigenvalue weighted by molar-refractivity contribution is 7.99. The second-order valence-corrected chi connectivity index (χ2v) is 6.75. The van der Waals surface area contributed by atoms with Crippen LogP contribution < -0.4 is 5.32 Å². The molecule has 1 amide bonds. The molecule has 1 aromatic rings. The molecule has 2 rings (SSSR count). The van der Waals surface area contributed by atoms with E-state index in [1.165, 1.54) is 17.7 Å². The molecule has 1 aromatic carbocycles. The van der Waals surface area contributed by atoms with E-state index in [-0.39, 0.29) is 11.9 Å². The monoisotopic (exact) mass is 306 g/mol. The minimum Gasteiger partial charge on any atom is -0.341 e. The quantitative estimate of drug-likeness (QED) is 0.647. The summed E-state index contributed by atoms with van der Waals surface area (Å²) >= 11 is 1.83. The zero-order valence-electron chi connectivity index (χ0n) is 12.9. The average Bonchev–Trinajstić information content (AvgIpc) is 2.81. The van der Waals surface area contributed by atoms with Crippen molar-refractivity contribution < 1.29 is 4.79 Å². The Bertz CT molecular complexity index is 416. The van der Waals surface area contributed by atoms with Gasteiger partial charge in [-0.15, -0.1) is 11.8 Å². The van der Waals surface area contributed by atoms with Gasteiger partial charge in [0.1, 0.15) is 0 Å². The average molecular weight is 306 g/mol. The maximum Gasteiger partial charge on any atom is 0.239 e. The maximum atomic E-state index is 12.4. The topological polar surface area (TPSA) is 32.3 Å². The van der Waals surface area contributed by atoms with Crippen LogP contribution in [0.2, 0.25) is 0 Å². The van der Waals surface area contributed by atoms with Gasteiger partial charge >= 0.3 is 0 Å². The van der Waals surface area contributed by atoms with Gasteiger partial charge in [0, 0.05) is 30.3 Å². The lowest BCUT2D eigenvalue weighted by molar-refractivity contribution is -0.132.